The largest absolute Gasteiger partial charge is 0.229 e. The summed E-state index contributed by atoms with van der Waals surface area (Å²) in [5.41, 5.74) is 0. The Balaban J connectivity index is 4.06. The topological polar surface area (TPSA) is 34.1 Å². The number of hydrogen-bond acceptors (Lipinski definition) is 2. The zero-order valence-corrected chi connectivity index (χ0v) is 7.74. The summed E-state index contributed by atoms with van der Waals surface area (Å²) in [6.07, 6.45) is 1.73. The van der Waals surface area contributed by atoms with Crippen molar-refractivity contribution in [3.05, 3.63) is 0 Å². The van der Waals surface area contributed by atoms with E-state index in [1.54, 1.807) is 13.8 Å². The van der Waals surface area contributed by atoms with E-state index in [0.717, 1.165) is 12.8 Å². The highest BCUT2D eigenvalue weighted by molar-refractivity contribution is 7.91. The second kappa shape index (κ2) is 3.96. The lowest BCUT2D eigenvalue weighted by molar-refractivity contribution is 0.577. The molecule has 0 saturated carbocycles. The highest BCUT2D eigenvalue weighted by Gasteiger charge is 2.16. The van der Waals surface area contributed by atoms with E-state index in [1.165, 1.54) is 0 Å². The molecule has 0 saturated heterocycles. The molecule has 0 aromatic heterocycles. The Hall–Kier alpha value is -0.0500. The lowest BCUT2D eigenvalue weighted by atomic mass is 10.3. The van der Waals surface area contributed by atoms with Gasteiger partial charge in [-0.15, -0.1) is 0 Å². The van der Waals surface area contributed by atoms with Gasteiger partial charge in [-0.05, 0) is 13.3 Å². The minimum Gasteiger partial charge on any atom is -0.229 e. The predicted octanol–water partition coefficient (Wildman–Crippen LogP) is 1.61. The summed E-state index contributed by atoms with van der Waals surface area (Å²) in [5, 5.41) is -0.150. The molecule has 0 heterocycles. The SMILES string of the molecule is CCCC(C)S(=O)(=O)CC. The lowest BCUT2D eigenvalue weighted by Crippen LogP contribution is -2.19. The number of hydrogen-bond donors (Lipinski definition) is 0. The zero-order chi connectivity index (χ0) is 8.20. The van der Waals surface area contributed by atoms with E-state index in [2.05, 4.69) is 0 Å². The third-order valence-electron chi connectivity index (χ3n) is 1.71. The van der Waals surface area contributed by atoms with Gasteiger partial charge in [0.1, 0.15) is 0 Å². The van der Waals surface area contributed by atoms with Crippen molar-refractivity contribution in [2.75, 3.05) is 5.75 Å². The molecule has 62 valence electrons. The van der Waals surface area contributed by atoms with Crippen LogP contribution >= 0.6 is 0 Å². The van der Waals surface area contributed by atoms with E-state index in [-0.39, 0.29) is 11.0 Å². The van der Waals surface area contributed by atoms with Crippen LogP contribution in [0.25, 0.3) is 0 Å². The average molecular weight is 164 g/mol. The monoisotopic (exact) mass is 164 g/mol. The molecule has 0 aromatic carbocycles. The molecule has 0 rings (SSSR count). The van der Waals surface area contributed by atoms with E-state index < -0.39 is 9.84 Å². The van der Waals surface area contributed by atoms with E-state index in [9.17, 15) is 8.42 Å². The fourth-order valence-electron chi connectivity index (χ4n) is 0.871. The molecular formula is C7H16O2S. The average Bonchev–Trinajstić information content (AvgIpc) is 1.89. The van der Waals surface area contributed by atoms with Crippen molar-refractivity contribution in [3.63, 3.8) is 0 Å². The van der Waals surface area contributed by atoms with E-state index in [1.807, 2.05) is 6.92 Å². The first-order valence-corrected chi connectivity index (χ1v) is 5.47. The Morgan fingerprint density at radius 1 is 1.30 bits per heavy atom. The lowest BCUT2D eigenvalue weighted by Gasteiger charge is -2.08. The third kappa shape index (κ3) is 2.69. The number of rotatable bonds is 4. The Bertz CT molecular complexity index is 170. The molecule has 0 aliphatic carbocycles. The van der Waals surface area contributed by atoms with Crippen LogP contribution in [0.5, 0.6) is 0 Å². The quantitative estimate of drug-likeness (QED) is 0.632. The van der Waals surface area contributed by atoms with Crippen LogP contribution in [0.1, 0.15) is 33.6 Å². The van der Waals surface area contributed by atoms with Gasteiger partial charge < -0.3 is 0 Å². The summed E-state index contributed by atoms with van der Waals surface area (Å²) in [6, 6.07) is 0. The first-order chi connectivity index (χ1) is 4.54. The molecule has 0 radical (unpaired) electrons. The predicted molar refractivity (Wildman–Crippen MR) is 43.8 cm³/mol. The molecule has 1 atom stereocenters. The van der Waals surface area contributed by atoms with Crippen LogP contribution < -0.4 is 0 Å². The number of sulfone groups is 1. The van der Waals surface area contributed by atoms with Gasteiger partial charge in [0.25, 0.3) is 0 Å². The first kappa shape index (κ1) is 9.95. The molecule has 0 N–H and O–H groups in total. The second-order valence-corrected chi connectivity index (χ2v) is 5.26. The Kier molecular flexibility index (Phi) is 3.94. The Labute approximate surface area is 63.6 Å². The van der Waals surface area contributed by atoms with Crippen LogP contribution in [0.3, 0.4) is 0 Å². The van der Waals surface area contributed by atoms with Crippen LogP contribution in [0.4, 0.5) is 0 Å². The zero-order valence-electron chi connectivity index (χ0n) is 6.92. The maximum Gasteiger partial charge on any atom is 0.152 e. The Morgan fingerprint density at radius 3 is 2.10 bits per heavy atom. The molecule has 0 bridgehead atoms. The van der Waals surface area contributed by atoms with Crippen molar-refractivity contribution < 1.29 is 8.42 Å². The molecule has 0 aliphatic rings. The molecule has 0 aliphatic heterocycles. The van der Waals surface area contributed by atoms with E-state index in [0.29, 0.717) is 0 Å². The second-order valence-electron chi connectivity index (χ2n) is 2.55. The first-order valence-electron chi connectivity index (χ1n) is 3.76. The normalized spacial score (nSPS) is 15.1. The smallest absolute Gasteiger partial charge is 0.152 e. The van der Waals surface area contributed by atoms with Crippen molar-refractivity contribution in [2.24, 2.45) is 0 Å². The fraction of sp³-hybridized carbons (Fsp3) is 1.00. The summed E-state index contributed by atoms with van der Waals surface area (Å²) in [6.45, 7) is 5.48. The summed E-state index contributed by atoms with van der Waals surface area (Å²) < 4.78 is 22.2. The van der Waals surface area contributed by atoms with Gasteiger partial charge in [-0.3, -0.25) is 0 Å². The van der Waals surface area contributed by atoms with Crippen molar-refractivity contribution in [2.45, 2.75) is 38.9 Å². The van der Waals surface area contributed by atoms with Gasteiger partial charge in [0, 0.05) is 5.75 Å². The van der Waals surface area contributed by atoms with E-state index in [4.69, 9.17) is 0 Å². The van der Waals surface area contributed by atoms with Crippen molar-refractivity contribution in [3.8, 4) is 0 Å². The van der Waals surface area contributed by atoms with Gasteiger partial charge in [-0.1, -0.05) is 20.3 Å². The maximum atomic E-state index is 11.1. The summed E-state index contributed by atoms with van der Waals surface area (Å²) in [7, 11) is -2.76. The molecule has 0 aromatic rings. The van der Waals surface area contributed by atoms with Gasteiger partial charge in [0.2, 0.25) is 0 Å². The third-order valence-corrected chi connectivity index (χ3v) is 3.98. The maximum absolute atomic E-state index is 11.1. The van der Waals surface area contributed by atoms with Crippen LogP contribution in [0, 0.1) is 0 Å². The summed E-state index contributed by atoms with van der Waals surface area (Å²) in [4.78, 5) is 0. The highest BCUT2D eigenvalue weighted by Crippen LogP contribution is 2.07. The van der Waals surface area contributed by atoms with Crippen LogP contribution in [-0.4, -0.2) is 19.4 Å². The molecule has 10 heavy (non-hydrogen) atoms. The molecule has 2 nitrogen and oxygen atoms in total. The highest BCUT2D eigenvalue weighted by atomic mass is 32.2. The van der Waals surface area contributed by atoms with Crippen molar-refractivity contribution >= 4 is 9.84 Å². The van der Waals surface area contributed by atoms with Crippen molar-refractivity contribution in [1.29, 1.82) is 0 Å². The van der Waals surface area contributed by atoms with Gasteiger partial charge in [-0.25, -0.2) is 8.42 Å². The summed E-state index contributed by atoms with van der Waals surface area (Å²) >= 11 is 0. The van der Waals surface area contributed by atoms with Gasteiger partial charge in [0.15, 0.2) is 9.84 Å². The molecule has 0 amide bonds. The van der Waals surface area contributed by atoms with Gasteiger partial charge >= 0.3 is 0 Å². The van der Waals surface area contributed by atoms with Crippen LogP contribution in [-0.2, 0) is 9.84 Å². The van der Waals surface area contributed by atoms with Crippen LogP contribution in [0.15, 0.2) is 0 Å². The minimum atomic E-state index is -2.76. The van der Waals surface area contributed by atoms with Crippen molar-refractivity contribution in [1.82, 2.24) is 0 Å². The molecule has 0 fully saturated rings. The molecule has 1 unspecified atom stereocenters. The fourth-order valence-corrected chi connectivity index (χ4v) is 2.03. The van der Waals surface area contributed by atoms with Gasteiger partial charge in [-0.2, -0.15) is 0 Å². The van der Waals surface area contributed by atoms with E-state index >= 15 is 0 Å². The minimum absolute atomic E-state index is 0.150. The molecule has 0 spiro atoms. The van der Waals surface area contributed by atoms with Crippen LogP contribution in [0.2, 0.25) is 0 Å². The molecule has 3 heteroatoms. The molecular weight excluding hydrogens is 148 g/mol. The Morgan fingerprint density at radius 2 is 1.80 bits per heavy atom. The standard InChI is InChI=1S/C7H16O2S/c1-4-6-7(3)10(8,9)5-2/h7H,4-6H2,1-3H3. The summed E-state index contributed by atoms with van der Waals surface area (Å²) in [5.74, 6) is 0.272. The van der Waals surface area contributed by atoms with Gasteiger partial charge in [0.05, 0.1) is 5.25 Å².